The van der Waals surface area contributed by atoms with E-state index >= 15 is 0 Å². The van der Waals surface area contributed by atoms with Gasteiger partial charge in [0.05, 0.1) is 23.0 Å². The van der Waals surface area contributed by atoms with Crippen molar-refractivity contribution >= 4 is 29.3 Å². The first-order valence-corrected chi connectivity index (χ1v) is 13.7. The highest BCUT2D eigenvalue weighted by Crippen LogP contribution is 2.29. The van der Waals surface area contributed by atoms with Crippen LogP contribution in [0, 0.1) is 11.3 Å². The van der Waals surface area contributed by atoms with Crippen LogP contribution in [0.25, 0.3) is 0 Å². The van der Waals surface area contributed by atoms with Crippen molar-refractivity contribution in [2.45, 2.75) is 6.61 Å². The first-order chi connectivity index (χ1) is 20.0. The molecule has 0 aliphatic carbocycles. The lowest BCUT2D eigenvalue weighted by Gasteiger charge is -2.37. The first kappa shape index (κ1) is 27.7. The summed E-state index contributed by atoms with van der Waals surface area (Å²) in [7, 11) is 0. The predicted octanol–water partition coefficient (Wildman–Crippen LogP) is 3.31. The number of nitrogens with zero attached hydrogens (tertiary/aromatic N) is 4. The molecule has 210 valence electrons. The molecule has 2 N–H and O–H groups in total. The normalized spacial score (nSPS) is 15.1. The molecule has 0 aromatic heterocycles. The van der Waals surface area contributed by atoms with Gasteiger partial charge in [-0.05, 0) is 48.0 Å². The molecular weight excluding hydrogens is 520 g/mol. The van der Waals surface area contributed by atoms with Gasteiger partial charge in [0.2, 0.25) is 0 Å². The van der Waals surface area contributed by atoms with Gasteiger partial charge in [0, 0.05) is 63.5 Å². The highest BCUT2D eigenvalue weighted by Gasteiger charge is 2.26. The molecule has 0 radical (unpaired) electrons. The number of nitrogens with one attached hydrogen (secondary N) is 2. The Morgan fingerprint density at radius 2 is 1.44 bits per heavy atom. The first-order valence-electron chi connectivity index (χ1n) is 13.7. The lowest BCUT2D eigenvalue weighted by molar-refractivity contribution is 0.0731. The van der Waals surface area contributed by atoms with Crippen molar-refractivity contribution in [1.82, 2.24) is 15.1 Å². The van der Waals surface area contributed by atoms with Crippen molar-refractivity contribution in [2.75, 3.05) is 62.6 Å². The highest BCUT2D eigenvalue weighted by atomic mass is 16.5. The van der Waals surface area contributed by atoms with Gasteiger partial charge in [-0.15, -0.1) is 0 Å². The fourth-order valence-corrected chi connectivity index (χ4v) is 4.98. The van der Waals surface area contributed by atoms with Crippen LogP contribution in [-0.2, 0) is 11.3 Å². The summed E-state index contributed by atoms with van der Waals surface area (Å²) in [5.74, 6) is -0.175. The lowest BCUT2D eigenvalue weighted by atomic mass is 10.1. The molecule has 5 rings (SSSR count). The molecule has 10 nitrogen and oxygen atoms in total. The van der Waals surface area contributed by atoms with Crippen molar-refractivity contribution < 1.29 is 19.1 Å². The molecule has 2 aliphatic heterocycles. The van der Waals surface area contributed by atoms with Crippen molar-refractivity contribution in [2.24, 2.45) is 0 Å². The van der Waals surface area contributed by atoms with Crippen molar-refractivity contribution in [3.63, 3.8) is 0 Å². The molecule has 0 bridgehead atoms. The SMILES string of the molecule is N#Cc1ccc(C(=O)N2CCN(c3ccc(C(=O)N4CCNCC4)cc3NC(=O)OCc3ccccc3)CC2)cc1. The summed E-state index contributed by atoms with van der Waals surface area (Å²) < 4.78 is 5.46. The van der Waals surface area contributed by atoms with E-state index in [1.165, 1.54) is 0 Å². The Balaban J connectivity index is 1.30. The largest absolute Gasteiger partial charge is 0.444 e. The summed E-state index contributed by atoms with van der Waals surface area (Å²) in [6, 6.07) is 23.4. The summed E-state index contributed by atoms with van der Waals surface area (Å²) in [5, 5.41) is 15.1. The summed E-state index contributed by atoms with van der Waals surface area (Å²) >= 11 is 0. The Morgan fingerprint density at radius 1 is 0.805 bits per heavy atom. The van der Waals surface area contributed by atoms with Crippen LogP contribution in [0.2, 0.25) is 0 Å². The molecule has 0 unspecified atom stereocenters. The Kier molecular flexibility index (Phi) is 8.76. The summed E-state index contributed by atoms with van der Waals surface area (Å²) in [6.07, 6.45) is -0.614. The third kappa shape index (κ3) is 6.83. The molecule has 2 aliphatic rings. The van der Waals surface area contributed by atoms with Crippen LogP contribution in [0.1, 0.15) is 31.8 Å². The van der Waals surface area contributed by atoms with E-state index in [0.717, 1.165) is 24.3 Å². The van der Waals surface area contributed by atoms with E-state index in [4.69, 9.17) is 10.00 Å². The Labute approximate surface area is 239 Å². The monoisotopic (exact) mass is 552 g/mol. The van der Waals surface area contributed by atoms with Gasteiger partial charge in [0.1, 0.15) is 6.61 Å². The molecule has 41 heavy (non-hydrogen) atoms. The maximum absolute atomic E-state index is 13.2. The lowest BCUT2D eigenvalue weighted by Crippen LogP contribution is -2.49. The molecule has 3 aromatic carbocycles. The second-order valence-electron chi connectivity index (χ2n) is 9.93. The number of amides is 3. The maximum atomic E-state index is 13.2. The van der Waals surface area contributed by atoms with Crippen LogP contribution in [-0.4, -0.2) is 80.1 Å². The molecule has 2 fully saturated rings. The molecule has 0 atom stereocenters. The number of benzene rings is 3. The Bertz CT molecular complexity index is 1420. The number of anilines is 2. The van der Waals surface area contributed by atoms with Crippen molar-refractivity contribution in [3.8, 4) is 6.07 Å². The third-order valence-corrected chi connectivity index (χ3v) is 7.27. The van der Waals surface area contributed by atoms with Gasteiger partial charge in [0.15, 0.2) is 0 Å². The van der Waals surface area contributed by atoms with Gasteiger partial charge in [-0.1, -0.05) is 30.3 Å². The number of ether oxygens (including phenoxy) is 1. The van der Waals surface area contributed by atoms with Gasteiger partial charge in [0.25, 0.3) is 11.8 Å². The molecule has 10 heteroatoms. The van der Waals surface area contributed by atoms with E-state index in [2.05, 4.69) is 21.6 Å². The number of carbonyl (C=O) groups is 3. The number of hydrogen-bond acceptors (Lipinski definition) is 7. The van der Waals surface area contributed by atoms with E-state index in [1.54, 1.807) is 46.2 Å². The average molecular weight is 553 g/mol. The number of piperazine rings is 2. The summed E-state index contributed by atoms with van der Waals surface area (Å²) in [4.78, 5) is 44.7. The van der Waals surface area contributed by atoms with E-state index < -0.39 is 6.09 Å². The zero-order valence-electron chi connectivity index (χ0n) is 22.7. The third-order valence-electron chi connectivity index (χ3n) is 7.27. The van der Waals surface area contributed by atoms with Crippen LogP contribution in [0.15, 0.2) is 72.8 Å². The Morgan fingerprint density at radius 3 is 2.12 bits per heavy atom. The number of hydrogen-bond donors (Lipinski definition) is 2. The molecule has 3 amide bonds. The summed E-state index contributed by atoms with van der Waals surface area (Å²) in [6.45, 7) is 4.91. The fraction of sp³-hybridized carbons (Fsp3) is 0.290. The molecule has 0 saturated carbocycles. The zero-order valence-corrected chi connectivity index (χ0v) is 22.7. The fourth-order valence-electron chi connectivity index (χ4n) is 4.98. The zero-order chi connectivity index (χ0) is 28.6. The van der Waals surface area contributed by atoms with Crippen LogP contribution in [0.3, 0.4) is 0 Å². The number of nitriles is 1. The van der Waals surface area contributed by atoms with Crippen LogP contribution in [0.4, 0.5) is 16.2 Å². The second kappa shape index (κ2) is 13.0. The number of rotatable bonds is 6. The quantitative estimate of drug-likeness (QED) is 0.482. The van der Waals surface area contributed by atoms with Crippen LogP contribution >= 0.6 is 0 Å². The topological polar surface area (TPSA) is 118 Å². The van der Waals surface area contributed by atoms with Gasteiger partial charge in [-0.3, -0.25) is 14.9 Å². The number of carbonyl (C=O) groups excluding carboxylic acids is 3. The molecule has 0 spiro atoms. The maximum Gasteiger partial charge on any atom is 0.412 e. The average Bonchev–Trinajstić information content (AvgIpc) is 3.04. The highest BCUT2D eigenvalue weighted by molar-refractivity contribution is 5.99. The van der Waals surface area contributed by atoms with E-state index in [1.807, 2.05) is 36.4 Å². The molecule has 3 aromatic rings. The predicted molar refractivity (Wildman–Crippen MR) is 155 cm³/mol. The van der Waals surface area contributed by atoms with Crippen LogP contribution < -0.4 is 15.5 Å². The minimum absolute atomic E-state index is 0.0865. The second-order valence-corrected chi connectivity index (χ2v) is 9.93. The van der Waals surface area contributed by atoms with Crippen molar-refractivity contribution in [1.29, 1.82) is 5.26 Å². The minimum Gasteiger partial charge on any atom is -0.444 e. The molecule has 2 saturated heterocycles. The van der Waals surface area contributed by atoms with Gasteiger partial charge in [-0.25, -0.2) is 4.79 Å². The minimum atomic E-state index is -0.614. The molecular formula is C31H32N6O4. The van der Waals surface area contributed by atoms with Gasteiger partial charge in [-0.2, -0.15) is 5.26 Å². The summed E-state index contributed by atoms with van der Waals surface area (Å²) in [5.41, 5.74) is 3.64. The van der Waals surface area contributed by atoms with Gasteiger partial charge < -0.3 is 24.8 Å². The van der Waals surface area contributed by atoms with E-state index in [9.17, 15) is 14.4 Å². The van der Waals surface area contributed by atoms with E-state index in [0.29, 0.717) is 61.6 Å². The van der Waals surface area contributed by atoms with Crippen molar-refractivity contribution in [3.05, 3.63) is 95.1 Å². The Hall–Kier alpha value is -4.88. The smallest absolute Gasteiger partial charge is 0.412 e. The van der Waals surface area contributed by atoms with E-state index in [-0.39, 0.29) is 18.4 Å². The molecule has 2 heterocycles. The van der Waals surface area contributed by atoms with Crippen LogP contribution in [0.5, 0.6) is 0 Å². The standard InChI is InChI=1S/C31H32N6O4/c32-21-23-6-8-25(9-7-23)29(38)37-18-16-35(17-19-37)28-11-10-26(30(39)36-14-12-33-13-15-36)20-27(28)34-31(40)41-22-24-4-2-1-3-5-24/h1-11,20,33H,12-19,22H2,(H,34,40). The van der Waals surface area contributed by atoms with Gasteiger partial charge >= 0.3 is 6.09 Å².